The van der Waals surface area contributed by atoms with Crippen LogP contribution in [0.3, 0.4) is 0 Å². The number of aliphatic carboxylic acids is 1. The van der Waals surface area contributed by atoms with Crippen LogP contribution in [0.25, 0.3) is 0 Å². The Morgan fingerprint density at radius 3 is 2.53 bits per heavy atom. The van der Waals surface area contributed by atoms with Crippen molar-refractivity contribution in [2.75, 3.05) is 0 Å². The van der Waals surface area contributed by atoms with E-state index < -0.39 is 21.2 Å². The van der Waals surface area contributed by atoms with E-state index in [0.717, 1.165) is 18.1 Å². The van der Waals surface area contributed by atoms with Gasteiger partial charge < -0.3 is 5.11 Å². The van der Waals surface area contributed by atoms with Gasteiger partial charge in [0.25, 0.3) is 0 Å². The van der Waals surface area contributed by atoms with Crippen molar-refractivity contribution in [2.24, 2.45) is 0 Å². The number of rotatable bonds is 5. The summed E-state index contributed by atoms with van der Waals surface area (Å²) in [5, 5.41) is 7.20. The van der Waals surface area contributed by atoms with Gasteiger partial charge in [0.15, 0.2) is 5.25 Å². The number of hydrogen-bond acceptors (Lipinski definition) is 3. The van der Waals surface area contributed by atoms with Crippen LogP contribution in [-0.2, 0) is 21.4 Å². The third-order valence-electron chi connectivity index (χ3n) is 2.54. The van der Waals surface area contributed by atoms with Gasteiger partial charge >= 0.3 is 5.97 Å². The Hall–Kier alpha value is -1.40. The van der Waals surface area contributed by atoms with Crippen molar-refractivity contribution >= 4 is 16.0 Å². The summed E-state index contributed by atoms with van der Waals surface area (Å²) in [6, 6.07) is 7.32. The molecule has 0 aromatic heterocycles. The molecule has 1 unspecified atom stereocenters. The lowest BCUT2D eigenvalue weighted by Crippen LogP contribution is -2.37. The van der Waals surface area contributed by atoms with Crippen LogP contribution < -0.4 is 4.72 Å². The van der Waals surface area contributed by atoms with E-state index in [1.54, 1.807) is 12.1 Å². The largest absolute Gasteiger partial charge is 0.480 e. The summed E-state index contributed by atoms with van der Waals surface area (Å²) in [6.45, 7) is 3.11. The standard InChI is InChI=1S/C11H15NO4S/c1-8-5-3-4-6-10(8)7-12-17(15,16)9(2)11(13)14/h3-6,9,12H,7H2,1-2H3,(H,13,14). The molecule has 0 radical (unpaired) electrons. The molecule has 0 amide bonds. The third kappa shape index (κ3) is 3.54. The molecule has 0 bridgehead atoms. The molecule has 0 aliphatic carbocycles. The molecule has 1 aromatic carbocycles. The second-order valence-electron chi connectivity index (χ2n) is 3.77. The van der Waals surface area contributed by atoms with Crippen molar-refractivity contribution in [3.8, 4) is 0 Å². The first-order chi connectivity index (χ1) is 7.84. The lowest BCUT2D eigenvalue weighted by molar-refractivity contribution is -0.136. The molecule has 94 valence electrons. The molecule has 1 aromatic rings. The number of benzene rings is 1. The zero-order valence-electron chi connectivity index (χ0n) is 9.67. The van der Waals surface area contributed by atoms with Gasteiger partial charge in [0.05, 0.1) is 0 Å². The summed E-state index contributed by atoms with van der Waals surface area (Å²) in [6.07, 6.45) is 0. The molecule has 0 fully saturated rings. The summed E-state index contributed by atoms with van der Waals surface area (Å²) in [5.41, 5.74) is 1.78. The van der Waals surface area contributed by atoms with Gasteiger partial charge in [-0.25, -0.2) is 13.1 Å². The fourth-order valence-electron chi connectivity index (χ4n) is 1.24. The number of sulfonamides is 1. The summed E-state index contributed by atoms with van der Waals surface area (Å²) < 4.78 is 25.4. The normalized spacial score (nSPS) is 13.3. The molecule has 5 nitrogen and oxygen atoms in total. The topological polar surface area (TPSA) is 83.5 Å². The van der Waals surface area contributed by atoms with Gasteiger partial charge in [-0.3, -0.25) is 4.79 Å². The Morgan fingerprint density at radius 2 is 2.00 bits per heavy atom. The maximum atomic E-state index is 11.6. The van der Waals surface area contributed by atoms with Crippen molar-refractivity contribution in [1.82, 2.24) is 4.72 Å². The first-order valence-corrected chi connectivity index (χ1v) is 6.65. The zero-order valence-corrected chi connectivity index (χ0v) is 10.5. The van der Waals surface area contributed by atoms with E-state index in [1.807, 2.05) is 19.1 Å². The van der Waals surface area contributed by atoms with Crippen molar-refractivity contribution in [3.63, 3.8) is 0 Å². The lowest BCUT2D eigenvalue weighted by atomic mass is 10.1. The van der Waals surface area contributed by atoms with Crippen LogP contribution in [0.2, 0.25) is 0 Å². The van der Waals surface area contributed by atoms with E-state index in [0.29, 0.717) is 0 Å². The highest BCUT2D eigenvalue weighted by Gasteiger charge is 2.27. The van der Waals surface area contributed by atoms with E-state index in [9.17, 15) is 13.2 Å². The first-order valence-electron chi connectivity index (χ1n) is 5.10. The summed E-state index contributed by atoms with van der Waals surface area (Å²) in [7, 11) is -3.82. The minimum atomic E-state index is -3.82. The van der Waals surface area contributed by atoms with Gasteiger partial charge in [-0.2, -0.15) is 0 Å². The minimum Gasteiger partial charge on any atom is -0.480 e. The fourth-order valence-corrected chi connectivity index (χ4v) is 2.12. The van der Waals surface area contributed by atoms with Gasteiger partial charge in [0.1, 0.15) is 0 Å². The van der Waals surface area contributed by atoms with E-state index in [1.165, 1.54) is 0 Å². The fraction of sp³-hybridized carbons (Fsp3) is 0.364. The van der Waals surface area contributed by atoms with Crippen molar-refractivity contribution in [3.05, 3.63) is 35.4 Å². The lowest BCUT2D eigenvalue weighted by Gasteiger charge is -2.11. The first kappa shape index (κ1) is 13.7. The van der Waals surface area contributed by atoms with Crippen LogP contribution in [0.1, 0.15) is 18.1 Å². The van der Waals surface area contributed by atoms with E-state index in [-0.39, 0.29) is 6.54 Å². The van der Waals surface area contributed by atoms with Gasteiger partial charge in [0, 0.05) is 6.54 Å². The second kappa shape index (κ2) is 5.29. The van der Waals surface area contributed by atoms with Gasteiger partial charge in [-0.1, -0.05) is 24.3 Å². The smallest absolute Gasteiger partial charge is 0.323 e. The average Bonchev–Trinajstić information content (AvgIpc) is 2.27. The Balaban J connectivity index is 2.75. The predicted molar refractivity (Wildman–Crippen MR) is 64.0 cm³/mol. The van der Waals surface area contributed by atoms with Crippen LogP contribution >= 0.6 is 0 Å². The van der Waals surface area contributed by atoms with Crippen LogP contribution in [0.5, 0.6) is 0 Å². The SMILES string of the molecule is Cc1ccccc1CNS(=O)(=O)C(C)C(=O)O. The highest BCUT2D eigenvalue weighted by Crippen LogP contribution is 2.08. The van der Waals surface area contributed by atoms with Gasteiger partial charge in [-0.05, 0) is 25.0 Å². The minimum absolute atomic E-state index is 0.104. The van der Waals surface area contributed by atoms with Gasteiger partial charge in [0.2, 0.25) is 10.0 Å². The highest BCUT2D eigenvalue weighted by atomic mass is 32.2. The molecule has 1 atom stereocenters. The number of nitrogens with one attached hydrogen (secondary N) is 1. The maximum Gasteiger partial charge on any atom is 0.323 e. The molecular weight excluding hydrogens is 242 g/mol. The molecule has 1 rings (SSSR count). The van der Waals surface area contributed by atoms with Gasteiger partial charge in [-0.15, -0.1) is 0 Å². The highest BCUT2D eigenvalue weighted by molar-refractivity contribution is 7.90. The maximum absolute atomic E-state index is 11.6. The van der Waals surface area contributed by atoms with Crippen LogP contribution in [0.15, 0.2) is 24.3 Å². The van der Waals surface area contributed by atoms with Crippen molar-refractivity contribution in [1.29, 1.82) is 0 Å². The van der Waals surface area contributed by atoms with E-state index in [4.69, 9.17) is 5.11 Å². The van der Waals surface area contributed by atoms with Crippen molar-refractivity contribution < 1.29 is 18.3 Å². The second-order valence-corrected chi connectivity index (χ2v) is 5.86. The molecule has 0 spiro atoms. The quantitative estimate of drug-likeness (QED) is 0.820. The molecule has 0 saturated heterocycles. The number of carboxylic acids is 1. The Labute approximate surface area is 101 Å². The molecule has 6 heteroatoms. The van der Waals surface area contributed by atoms with E-state index in [2.05, 4.69) is 4.72 Å². The zero-order chi connectivity index (χ0) is 13.1. The summed E-state index contributed by atoms with van der Waals surface area (Å²) >= 11 is 0. The monoisotopic (exact) mass is 257 g/mol. The van der Waals surface area contributed by atoms with Crippen LogP contribution in [-0.4, -0.2) is 24.7 Å². The molecule has 0 aliphatic heterocycles. The van der Waals surface area contributed by atoms with Crippen LogP contribution in [0, 0.1) is 6.92 Å². The Morgan fingerprint density at radius 1 is 1.41 bits per heavy atom. The Bertz CT molecular complexity index is 510. The number of carboxylic acid groups (broad SMARTS) is 1. The summed E-state index contributed by atoms with van der Waals surface area (Å²) in [5.74, 6) is -1.36. The number of hydrogen-bond donors (Lipinski definition) is 2. The number of carbonyl (C=O) groups is 1. The van der Waals surface area contributed by atoms with Crippen LogP contribution in [0.4, 0.5) is 0 Å². The number of aryl methyl sites for hydroxylation is 1. The molecule has 0 heterocycles. The van der Waals surface area contributed by atoms with Crippen molar-refractivity contribution in [2.45, 2.75) is 25.6 Å². The third-order valence-corrected chi connectivity index (χ3v) is 4.22. The average molecular weight is 257 g/mol. The molecule has 0 saturated carbocycles. The Kier molecular flexibility index (Phi) is 4.25. The molecular formula is C11H15NO4S. The van der Waals surface area contributed by atoms with E-state index >= 15 is 0 Å². The molecule has 0 aliphatic rings. The summed E-state index contributed by atoms with van der Waals surface area (Å²) in [4.78, 5) is 10.6. The molecule has 17 heavy (non-hydrogen) atoms. The predicted octanol–water partition coefficient (Wildman–Crippen LogP) is 0.888. The molecule has 2 N–H and O–H groups in total.